The van der Waals surface area contributed by atoms with Gasteiger partial charge < -0.3 is 4.90 Å². The fourth-order valence-electron chi connectivity index (χ4n) is 3.52. The van der Waals surface area contributed by atoms with Crippen LogP contribution in [0.15, 0.2) is 52.3 Å². The van der Waals surface area contributed by atoms with Crippen molar-refractivity contribution < 1.29 is 21.6 Å². The van der Waals surface area contributed by atoms with E-state index in [-0.39, 0.29) is 15.7 Å². The number of likely N-dealkylation sites (N-methyl/N-ethyl adjacent to an activating group) is 1. The highest BCUT2D eigenvalue weighted by Crippen LogP contribution is 2.33. The van der Waals surface area contributed by atoms with Gasteiger partial charge in [-0.25, -0.2) is 26.1 Å². The van der Waals surface area contributed by atoms with Gasteiger partial charge in [0.25, 0.3) is 5.91 Å². The second-order valence-electron chi connectivity index (χ2n) is 8.84. The average Bonchev–Trinajstić information content (AvgIpc) is 3.25. The normalized spacial score (nSPS) is 12.5. The number of nitrogens with zero attached hydrogens (tertiary/aromatic N) is 4. The van der Waals surface area contributed by atoms with E-state index in [0.29, 0.717) is 40.5 Å². The maximum absolute atomic E-state index is 13.5. The number of hydrogen-bond acceptors (Lipinski definition) is 8. The smallest absolute Gasteiger partial charge is 0.260 e. The van der Waals surface area contributed by atoms with Crippen molar-refractivity contribution in [3.05, 3.63) is 48.0 Å². The molecule has 0 fully saturated rings. The molecule has 36 heavy (non-hydrogen) atoms. The maximum atomic E-state index is 13.5. The van der Waals surface area contributed by atoms with E-state index < -0.39 is 19.9 Å². The van der Waals surface area contributed by atoms with Gasteiger partial charge in [0.15, 0.2) is 15.0 Å². The van der Waals surface area contributed by atoms with Crippen LogP contribution in [0.1, 0.15) is 30.1 Å². The highest BCUT2D eigenvalue weighted by atomic mass is 32.2. The van der Waals surface area contributed by atoms with E-state index in [1.807, 2.05) is 25.9 Å². The average molecular weight is 553 g/mol. The number of aromatic nitrogens is 1. The zero-order valence-electron chi connectivity index (χ0n) is 21.1. The molecule has 0 bridgehead atoms. The van der Waals surface area contributed by atoms with E-state index in [4.69, 9.17) is 0 Å². The zero-order chi connectivity index (χ0) is 26.7. The predicted molar refractivity (Wildman–Crippen MR) is 144 cm³/mol. The van der Waals surface area contributed by atoms with Crippen molar-refractivity contribution in [3.63, 3.8) is 0 Å². The molecule has 3 aromatic rings. The molecule has 0 atom stereocenters. The largest absolute Gasteiger partial charge is 0.308 e. The minimum Gasteiger partial charge on any atom is -0.308 e. The summed E-state index contributed by atoms with van der Waals surface area (Å²) in [6.07, 6.45) is 2.77. The summed E-state index contributed by atoms with van der Waals surface area (Å²) in [5, 5.41) is 0.379. The summed E-state index contributed by atoms with van der Waals surface area (Å²) in [6, 6.07) is 10.8. The molecule has 0 radical (unpaired) electrons. The minimum atomic E-state index is -3.65. The Hall–Kier alpha value is -2.38. The van der Waals surface area contributed by atoms with Crippen LogP contribution in [0.2, 0.25) is 0 Å². The number of carbonyl (C=O) groups excluding carboxylic acids is 1. The summed E-state index contributed by atoms with van der Waals surface area (Å²) in [7, 11) is -1.83. The molecule has 12 heteroatoms. The lowest BCUT2D eigenvalue weighted by molar-refractivity contribution is 0.0985. The number of hydrogen-bond donors (Lipinski definition) is 0. The number of amides is 1. The van der Waals surface area contributed by atoms with Gasteiger partial charge in [-0.1, -0.05) is 30.7 Å². The third kappa shape index (κ3) is 6.30. The number of para-hydroxylation sites is 1. The van der Waals surface area contributed by atoms with Crippen LogP contribution in [0.4, 0.5) is 5.13 Å². The van der Waals surface area contributed by atoms with Crippen LogP contribution in [0.3, 0.4) is 0 Å². The summed E-state index contributed by atoms with van der Waals surface area (Å²) >= 11 is 1.24. The summed E-state index contributed by atoms with van der Waals surface area (Å²) in [6.45, 7) is 3.29. The lowest BCUT2D eigenvalue weighted by Gasteiger charge is -2.22. The van der Waals surface area contributed by atoms with E-state index in [9.17, 15) is 21.6 Å². The second kappa shape index (κ2) is 11.3. The van der Waals surface area contributed by atoms with Crippen LogP contribution in [0.5, 0.6) is 0 Å². The van der Waals surface area contributed by atoms with Gasteiger partial charge in [-0.3, -0.25) is 9.69 Å². The van der Waals surface area contributed by atoms with Gasteiger partial charge in [0.1, 0.15) is 5.52 Å². The Morgan fingerprint density at radius 3 is 2.19 bits per heavy atom. The van der Waals surface area contributed by atoms with Crippen molar-refractivity contribution in [2.45, 2.75) is 29.6 Å². The number of sulfonamides is 1. The third-order valence-electron chi connectivity index (χ3n) is 5.65. The molecule has 0 saturated heterocycles. The number of unbranched alkanes of at least 4 members (excludes halogenated alkanes) is 1. The standard InChI is InChI=1S/C24H32N4O5S3/c1-6-7-15-27(4)36(32,33)19-13-11-18(12-14-19)23(29)28(17-16-26(2)3)24-25-22-20(34-24)9-8-10-21(22)35(5,30)31/h8-14H,6-7,15-17H2,1-5H3. The molecule has 0 aliphatic heterocycles. The van der Waals surface area contributed by atoms with Crippen molar-refractivity contribution in [1.82, 2.24) is 14.2 Å². The summed E-state index contributed by atoms with van der Waals surface area (Å²) in [5.41, 5.74) is 0.644. The molecule has 0 saturated carbocycles. The molecule has 3 rings (SSSR count). The highest BCUT2D eigenvalue weighted by molar-refractivity contribution is 7.91. The highest BCUT2D eigenvalue weighted by Gasteiger charge is 2.25. The molecule has 1 amide bonds. The number of sulfone groups is 1. The monoisotopic (exact) mass is 552 g/mol. The molecule has 2 aromatic carbocycles. The van der Waals surface area contributed by atoms with E-state index in [1.54, 1.807) is 19.2 Å². The maximum Gasteiger partial charge on any atom is 0.260 e. The van der Waals surface area contributed by atoms with Crippen LogP contribution in [0, 0.1) is 0 Å². The first kappa shape index (κ1) is 28.2. The fraction of sp³-hybridized carbons (Fsp3) is 0.417. The third-order valence-corrected chi connectivity index (χ3v) is 9.70. The number of fused-ring (bicyclic) bond motifs is 1. The lowest BCUT2D eigenvalue weighted by Crippen LogP contribution is -2.36. The Morgan fingerprint density at radius 1 is 0.944 bits per heavy atom. The summed E-state index contributed by atoms with van der Waals surface area (Å²) < 4.78 is 52.1. The topological polar surface area (TPSA) is 108 Å². The molecule has 1 heterocycles. The van der Waals surface area contributed by atoms with Gasteiger partial charge in [-0.2, -0.15) is 0 Å². The minimum absolute atomic E-state index is 0.115. The molecule has 0 aliphatic carbocycles. The number of anilines is 1. The SMILES string of the molecule is CCCCN(C)S(=O)(=O)c1ccc(C(=O)N(CCN(C)C)c2nc3c(S(C)(=O)=O)cccc3s2)cc1. The van der Waals surface area contributed by atoms with Crippen LogP contribution in [-0.4, -0.2) is 84.0 Å². The summed E-state index contributed by atoms with van der Waals surface area (Å²) in [5.74, 6) is -0.347. The van der Waals surface area contributed by atoms with E-state index in [0.717, 1.165) is 19.1 Å². The number of carbonyl (C=O) groups is 1. The number of thiazole rings is 1. The molecular formula is C24H32N4O5S3. The Labute approximate surface area is 217 Å². The molecule has 9 nitrogen and oxygen atoms in total. The first-order chi connectivity index (χ1) is 16.9. The molecule has 0 spiro atoms. The lowest BCUT2D eigenvalue weighted by atomic mass is 10.2. The van der Waals surface area contributed by atoms with Gasteiger partial charge in [-0.05, 0) is 56.9 Å². The first-order valence-corrected chi connectivity index (χ1v) is 15.6. The van der Waals surface area contributed by atoms with Gasteiger partial charge in [0.2, 0.25) is 10.0 Å². The van der Waals surface area contributed by atoms with Gasteiger partial charge in [0.05, 0.1) is 14.5 Å². The van der Waals surface area contributed by atoms with Crippen molar-refractivity contribution in [3.8, 4) is 0 Å². The molecule has 0 unspecified atom stereocenters. The fourth-order valence-corrected chi connectivity index (χ4v) is 6.64. The molecule has 0 aliphatic rings. The van der Waals surface area contributed by atoms with Crippen molar-refractivity contribution >= 4 is 52.5 Å². The summed E-state index contributed by atoms with van der Waals surface area (Å²) in [4.78, 5) is 21.8. The van der Waals surface area contributed by atoms with E-state index in [1.165, 1.54) is 50.9 Å². The van der Waals surface area contributed by atoms with Crippen LogP contribution in [-0.2, 0) is 19.9 Å². The van der Waals surface area contributed by atoms with Crippen molar-refractivity contribution in [2.75, 3.05) is 51.9 Å². The van der Waals surface area contributed by atoms with Crippen LogP contribution in [0.25, 0.3) is 10.2 Å². The Balaban J connectivity index is 1.97. The Kier molecular flexibility index (Phi) is 8.88. The van der Waals surface area contributed by atoms with Crippen molar-refractivity contribution in [2.24, 2.45) is 0 Å². The van der Waals surface area contributed by atoms with Crippen LogP contribution < -0.4 is 4.90 Å². The van der Waals surface area contributed by atoms with Gasteiger partial charge in [0, 0.05) is 38.5 Å². The Bertz CT molecular complexity index is 1430. The Morgan fingerprint density at radius 2 is 1.61 bits per heavy atom. The molecular weight excluding hydrogens is 520 g/mol. The molecule has 0 N–H and O–H groups in total. The van der Waals surface area contributed by atoms with Gasteiger partial charge in [-0.15, -0.1) is 0 Å². The number of benzene rings is 2. The predicted octanol–water partition coefficient (Wildman–Crippen LogP) is 3.33. The van der Waals surface area contributed by atoms with Gasteiger partial charge >= 0.3 is 0 Å². The van der Waals surface area contributed by atoms with E-state index >= 15 is 0 Å². The second-order valence-corrected chi connectivity index (χ2v) is 13.9. The zero-order valence-corrected chi connectivity index (χ0v) is 23.6. The van der Waals surface area contributed by atoms with E-state index in [2.05, 4.69) is 4.98 Å². The van der Waals surface area contributed by atoms with Crippen LogP contribution >= 0.6 is 11.3 Å². The number of rotatable bonds is 11. The quantitative estimate of drug-likeness (QED) is 0.359. The van der Waals surface area contributed by atoms with Crippen molar-refractivity contribution in [1.29, 1.82) is 0 Å². The first-order valence-electron chi connectivity index (χ1n) is 11.5. The molecule has 1 aromatic heterocycles. The molecule has 196 valence electrons.